The third-order valence-corrected chi connectivity index (χ3v) is 3.53. The summed E-state index contributed by atoms with van der Waals surface area (Å²) in [6, 6.07) is 0. The van der Waals surface area contributed by atoms with Crippen molar-refractivity contribution in [1.29, 1.82) is 0 Å². The van der Waals surface area contributed by atoms with Gasteiger partial charge in [-0.1, -0.05) is 6.42 Å². The molecule has 0 aromatic rings. The molecular weight excluding hydrogens is 138 g/mol. The zero-order chi connectivity index (χ0) is 7.84. The van der Waals surface area contributed by atoms with Gasteiger partial charge >= 0.3 is 0 Å². The third kappa shape index (κ3) is 1.18. The van der Waals surface area contributed by atoms with Crippen LogP contribution in [0.15, 0.2) is 0 Å². The lowest BCUT2D eigenvalue weighted by molar-refractivity contribution is 0.0818. The highest BCUT2D eigenvalue weighted by molar-refractivity contribution is 4.93. The molecule has 3 unspecified atom stereocenters. The summed E-state index contributed by atoms with van der Waals surface area (Å²) in [5.74, 6) is 2.27. The first-order valence-electron chi connectivity index (χ1n) is 4.69. The van der Waals surface area contributed by atoms with Gasteiger partial charge in [-0.3, -0.25) is 0 Å². The highest BCUT2D eigenvalue weighted by Crippen LogP contribution is 2.49. The Morgan fingerprint density at radius 2 is 2.18 bits per heavy atom. The summed E-state index contributed by atoms with van der Waals surface area (Å²) in [7, 11) is 0. The molecule has 4 atom stereocenters. The fraction of sp³-hybridized carbons (Fsp3) is 1.00. The van der Waals surface area contributed by atoms with Crippen molar-refractivity contribution >= 4 is 0 Å². The van der Waals surface area contributed by atoms with Crippen LogP contribution < -0.4 is 5.73 Å². The van der Waals surface area contributed by atoms with E-state index in [2.05, 4.69) is 0 Å². The summed E-state index contributed by atoms with van der Waals surface area (Å²) in [5.41, 5.74) is 5.43. The zero-order valence-electron chi connectivity index (χ0n) is 6.87. The Kier molecular flexibility index (Phi) is 1.90. The predicted molar refractivity (Wildman–Crippen MR) is 44.0 cm³/mol. The Bertz CT molecular complexity index is 148. The number of hydrogen-bond acceptors (Lipinski definition) is 2. The van der Waals surface area contributed by atoms with Crippen LogP contribution in [-0.2, 0) is 0 Å². The van der Waals surface area contributed by atoms with Gasteiger partial charge in [0.15, 0.2) is 0 Å². The number of aliphatic hydroxyl groups is 1. The molecule has 2 fully saturated rings. The molecule has 0 radical (unpaired) electrons. The SMILES string of the molecule is NC[C@@H](O)C1CC2CCC1C2. The van der Waals surface area contributed by atoms with E-state index in [4.69, 9.17) is 5.73 Å². The van der Waals surface area contributed by atoms with Gasteiger partial charge in [0.2, 0.25) is 0 Å². The minimum absolute atomic E-state index is 0.217. The molecule has 0 aromatic carbocycles. The molecule has 0 heterocycles. The molecule has 0 aromatic heterocycles. The van der Waals surface area contributed by atoms with Gasteiger partial charge in [0.25, 0.3) is 0 Å². The third-order valence-electron chi connectivity index (χ3n) is 3.53. The van der Waals surface area contributed by atoms with Gasteiger partial charge in [-0.2, -0.15) is 0 Å². The van der Waals surface area contributed by atoms with Crippen LogP contribution in [0.1, 0.15) is 25.7 Å². The van der Waals surface area contributed by atoms with Crippen molar-refractivity contribution in [2.45, 2.75) is 31.8 Å². The number of nitrogens with two attached hydrogens (primary N) is 1. The first-order valence-corrected chi connectivity index (χ1v) is 4.69. The molecular formula is C9H17NO. The van der Waals surface area contributed by atoms with Crippen molar-refractivity contribution in [2.75, 3.05) is 6.54 Å². The Morgan fingerprint density at radius 1 is 1.36 bits per heavy atom. The van der Waals surface area contributed by atoms with E-state index in [1.54, 1.807) is 0 Å². The van der Waals surface area contributed by atoms with Crippen LogP contribution in [0, 0.1) is 17.8 Å². The van der Waals surface area contributed by atoms with Gasteiger partial charge in [0.1, 0.15) is 0 Å². The molecule has 11 heavy (non-hydrogen) atoms. The molecule has 2 bridgehead atoms. The van der Waals surface area contributed by atoms with E-state index in [9.17, 15) is 5.11 Å². The number of aliphatic hydroxyl groups excluding tert-OH is 1. The predicted octanol–water partition coefficient (Wildman–Crippen LogP) is 0.742. The first-order chi connectivity index (χ1) is 5.31. The maximum Gasteiger partial charge on any atom is 0.0693 e. The summed E-state index contributed by atoms with van der Waals surface area (Å²) in [5, 5.41) is 9.55. The summed E-state index contributed by atoms with van der Waals surface area (Å²) < 4.78 is 0. The molecule has 3 N–H and O–H groups in total. The van der Waals surface area contributed by atoms with Crippen molar-refractivity contribution in [3.05, 3.63) is 0 Å². The van der Waals surface area contributed by atoms with E-state index in [-0.39, 0.29) is 6.10 Å². The highest BCUT2D eigenvalue weighted by Gasteiger charge is 2.42. The van der Waals surface area contributed by atoms with Crippen molar-refractivity contribution < 1.29 is 5.11 Å². The molecule has 0 saturated heterocycles. The summed E-state index contributed by atoms with van der Waals surface area (Å²) in [4.78, 5) is 0. The van der Waals surface area contributed by atoms with E-state index in [1.807, 2.05) is 0 Å². The average Bonchev–Trinajstić information content (AvgIpc) is 2.62. The van der Waals surface area contributed by atoms with Crippen molar-refractivity contribution in [2.24, 2.45) is 23.5 Å². The second-order valence-electron chi connectivity index (χ2n) is 4.14. The van der Waals surface area contributed by atoms with Gasteiger partial charge in [0.05, 0.1) is 6.10 Å². The fourth-order valence-electron chi connectivity index (χ4n) is 2.94. The normalized spacial score (nSPS) is 44.7. The molecule has 2 nitrogen and oxygen atoms in total. The summed E-state index contributed by atoms with van der Waals surface area (Å²) >= 11 is 0. The Hall–Kier alpha value is -0.0800. The number of hydrogen-bond donors (Lipinski definition) is 2. The summed E-state index contributed by atoms with van der Waals surface area (Å²) in [6.07, 6.45) is 5.13. The molecule has 0 aliphatic heterocycles. The molecule has 0 spiro atoms. The zero-order valence-corrected chi connectivity index (χ0v) is 6.87. The maximum absolute atomic E-state index is 9.55. The lowest BCUT2D eigenvalue weighted by atomic mass is 9.85. The Morgan fingerprint density at radius 3 is 2.64 bits per heavy atom. The van der Waals surface area contributed by atoms with E-state index < -0.39 is 0 Å². The molecule has 2 saturated carbocycles. The number of rotatable bonds is 2. The van der Waals surface area contributed by atoms with Crippen LogP contribution in [0.4, 0.5) is 0 Å². The van der Waals surface area contributed by atoms with Gasteiger partial charge in [-0.15, -0.1) is 0 Å². The minimum Gasteiger partial charge on any atom is -0.392 e. The lowest BCUT2D eigenvalue weighted by Crippen LogP contribution is -2.32. The maximum atomic E-state index is 9.55. The average molecular weight is 155 g/mol. The molecule has 2 rings (SSSR count). The Labute approximate surface area is 67.8 Å². The standard InChI is InChI=1S/C9H17NO/c10-5-9(11)8-4-6-1-2-7(8)3-6/h6-9,11H,1-5,10H2/t6?,7?,8?,9-/m1/s1. The van der Waals surface area contributed by atoms with Crippen molar-refractivity contribution in [3.63, 3.8) is 0 Å². The van der Waals surface area contributed by atoms with Crippen LogP contribution in [-0.4, -0.2) is 17.8 Å². The fourth-order valence-corrected chi connectivity index (χ4v) is 2.94. The van der Waals surface area contributed by atoms with E-state index >= 15 is 0 Å². The van der Waals surface area contributed by atoms with E-state index in [0.29, 0.717) is 12.5 Å². The quantitative estimate of drug-likeness (QED) is 0.618. The summed E-state index contributed by atoms with van der Waals surface area (Å²) in [6.45, 7) is 0.452. The van der Waals surface area contributed by atoms with E-state index in [1.165, 1.54) is 25.7 Å². The molecule has 2 aliphatic carbocycles. The first kappa shape index (κ1) is 7.56. The second kappa shape index (κ2) is 2.76. The van der Waals surface area contributed by atoms with Crippen LogP contribution in [0.5, 0.6) is 0 Å². The second-order valence-corrected chi connectivity index (χ2v) is 4.14. The van der Waals surface area contributed by atoms with Crippen LogP contribution >= 0.6 is 0 Å². The van der Waals surface area contributed by atoms with Gasteiger partial charge < -0.3 is 10.8 Å². The largest absolute Gasteiger partial charge is 0.392 e. The van der Waals surface area contributed by atoms with Gasteiger partial charge in [0, 0.05) is 6.54 Å². The Balaban J connectivity index is 1.96. The van der Waals surface area contributed by atoms with Gasteiger partial charge in [-0.25, -0.2) is 0 Å². The highest BCUT2D eigenvalue weighted by atomic mass is 16.3. The molecule has 64 valence electrons. The van der Waals surface area contributed by atoms with Crippen LogP contribution in [0.25, 0.3) is 0 Å². The molecule has 2 aliphatic rings. The monoisotopic (exact) mass is 155 g/mol. The van der Waals surface area contributed by atoms with Crippen molar-refractivity contribution in [3.8, 4) is 0 Å². The van der Waals surface area contributed by atoms with Crippen LogP contribution in [0.3, 0.4) is 0 Å². The smallest absolute Gasteiger partial charge is 0.0693 e. The lowest BCUT2D eigenvalue weighted by Gasteiger charge is -2.25. The minimum atomic E-state index is -0.217. The topological polar surface area (TPSA) is 46.2 Å². The molecule has 0 amide bonds. The molecule has 2 heteroatoms. The van der Waals surface area contributed by atoms with Crippen LogP contribution in [0.2, 0.25) is 0 Å². The van der Waals surface area contributed by atoms with Gasteiger partial charge in [-0.05, 0) is 37.0 Å². The van der Waals surface area contributed by atoms with E-state index in [0.717, 1.165) is 11.8 Å². The van der Waals surface area contributed by atoms with Crippen molar-refractivity contribution in [1.82, 2.24) is 0 Å². The number of fused-ring (bicyclic) bond motifs is 2.